The lowest BCUT2D eigenvalue weighted by Crippen LogP contribution is -2.41. The van der Waals surface area contributed by atoms with Crippen LogP contribution in [-0.2, 0) is 4.43 Å². The van der Waals surface area contributed by atoms with E-state index in [1.807, 2.05) is 0 Å². The van der Waals surface area contributed by atoms with E-state index in [9.17, 15) is 0 Å². The zero-order valence-corrected chi connectivity index (χ0v) is 12.0. The molecule has 0 saturated heterocycles. The van der Waals surface area contributed by atoms with Crippen LogP contribution in [-0.4, -0.2) is 13.9 Å². The molecular formula is C13H26OSi. The first kappa shape index (κ1) is 13.0. The van der Waals surface area contributed by atoms with Crippen molar-refractivity contribution < 1.29 is 4.43 Å². The van der Waals surface area contributed by atoms with Gasteiger partial charge in [-0.2, -0.15) is 0 Å². The van der Waals surface area contributed by atoms with Gasteiger partial charge in [0.2, 0.25) is 0 Å². The Labute approximate surface area is 96.0 Å². The van der Waals surface area contributed by atoms with E-state index in [1.165, 1.54) is 18.9 Å². The second-order valence-corrected chi connectivity index (χ2v) is 10.3. The lowest BCUT2D eigenvalue weighted by atomic mass is 9.92. The van der Waals surface area contributed by atoms with Crippen LogP contribution < -0.4 is 0 Å². The average Bonchev–Trinajstić information content (AvgIpc) is 2.21. The van der Waals surface area contributed by atoms with Crippen LogP contribution >= 0.6 is 0 Å². The molecule has 1 aliphatic rings. The van der Waals surface area contributed by atoms with Gasteiger partial charge in [0.15, 0.2) is 8.32 Å². The van der Waals surface area contributed by atoms with Crippen LogP contribution in [0.4, 0.5) is 0 Å². The molecular weight excluding hydrogens is 200 g/mol. The molecule has 0 radical (unpaired) electrons. The van der Waals surface area contributed by atoms with Crippen molar-refractivity contribution in [2.24, 2.45) is 5.92 Å². The molecule has 0 aromatic rings. The smallest absolute Gasteiger partial charge is 0.191 e. The van der Waals surface area contributed by atoms with Gasteiger partial charge in [0.05, 0.1) is 5.60 Å². The molecule has 1 nitrogen and oxygen atoms in total. The molecule has 0 bridgehead atoms. The fourth-order valence-corrected chi connectivity index (χ4v) is 4.53. The Kier molecular flexibility index (Phi) is 4.18. The maximum absolute atomic E-state index is 6.41. The van der Waals surface area contributed by atoms with Crippen molar-refractivity contribution in [2.45, 2.75) is 64.8 Å². The average molecular weight is 226 g/mol. The third-order valence-electron chi connectivity index (χ3n) is 3.10. The highest BCUT2D eigenvalue weighted by Crippen LogP contribution is 2.32. The molecule has 0 saturated carbocycles. The second-order valence-electron chi connectivity index (χ2n) is 6.12. The summed E-state index contributed by atoms with van der Waals surface area (Å²) in [5.74, 6) is 0.780. The van der Waals surface area contributed by atoms with Crippen molar-refractivity contribution in [3.63, 3.8) is 0 Å². The van der Waals surface area contributed by atoms with Gasteiger partial charge in [-0.1, -0.05) is 26.0 Å². The summed E-state index contributed by atoms with van der Waals surface area (Å²) in [4.78, 5) is 0. The number of allylic oxidation sites excluding steroid dienone is 1. The molecule has 1 unspecified atom stereocenters. The highest BCUT2D eigenvalue weighted by atomic mass is 28.4. The summed E-state index contributed by atoms with van der Waals surface area (Å²) < 4.78 is 6.41. The minimum atomic E-state index is -1.44. The van der Waals surface area contributed by atoms with Gasteiger partial charge in [0, 0.05) is 0 Å². The molecule has 0 fully saturated rings. The van der Waals surface area contributed by atoms with Crippen molar-refractivity contribution in [1.29, 1.82) is 0 Å². The first-order valence-electron chi connectivity index (χ1n) is 6.18. The van der Waals surface area contributed by atoms with Crippen LogP contribution in [0.3, 0.4) is 0 Å². The molecule has 0 aromatic heterocycles. The number of hydrogen-bond acceptors (Lipinski definition) is 1. The zero-order chi connectivity index (χ0) is 11.5. The Morgan fingerprint density at radius 3 is 2.60 bits per heavy atom. The minimum Gasteiger partial charge on any atom is -0.412 e. The van der Waals surface area contributed by atoms with Gasteiger partial charge >= 0.3 is 0 Å². The third kappa shape index (κ3) is 4.52. The van der Waals surface area contributed by atoms with Gasteiger partial charge in [0.25, 0.3) is 0 Å². The lowest BCUT2D eigenvalue weighted by Gasteiger charge is -2.36. The van der Waals surface area contributed by atoms with E-state index in [0.29, 0.717) is 0 Å². The zero-order valence-electron chi connectivity index (χ0n) is 11.0. The Morgan fingerprint density at radius 2 is 2.00 bits per heavy atom. The Hall–Kier alpha value is -0.0831. The second kappa shape index (κ2) is 4.83. The lowest BCUT2D eigenvalue weighted by molar-refractivity contribution is 0.0688. The van der Waals surface area contributed by atoms with Crippen molar-refractivity contribution >= 4 is 8.32 Å². The van der Waals surface area contributed by atoms with Gasteiger partial charge in [-0.3, -0.25) is 0 Å². The molecule has 1 aliphatic heterocycles. The molecule has 0 N–H and O–H groups in total. The molecule has 1 rings (SSSR count). The van der Waals surface area contributed by atoms with Gasteiger partial charge in [-0.25, -0.2) is 0 Å². The number of hydrogen-bond donors (Lipinski definition) is 0. The molecule has 15 heavy (non-hydrogen) atoms. The fourth-order valence-electron chi connectivity index (χ4n) is 2.20. The molecule has 1 heterocycles. The highest BCUT2D eigenvalue weighted by molar-refractivity contribution is 6.71. The first-order chi connectivity index (χ1) is 6.83. The van der Waals surface area contributed by atoms with Crippen LogP contribution in [0.5, 0.6) is 0 Å². The minimum absolute atomic E-state index is 0.104. The van der Waals surface area contributed by atoms with Crippen LogP contribution in [0.15, 0.2) is 12.2 Å². The van der Waals surface area contributed by atoms with Crippen LogP contribution in [0.2, 0.25) is 19.1 Å². The van der Waals surface area contributed by atoms with E-state index in [0.717, 1.165) is 12.3 Å². The maximum atomic E-state index is 6.41. The van der Waals surface area contributed by atoms with Gasteiger partial charge < -0.3 is 4.43 Å². The van der Waals surface area contributed by atoms with Crippen molar-refractivity contribution in [2.75, 3.05) is 0 Å². The SMILES string of the molecule is CC(C)CCC1(C)CC=CC[Si](C)(C)O1. The third-order valence-corrected chi connectivity index (χ3v) is 5.36. The van der Waals surface area contributed by atoms with E-state index in [1.54, 1.807) is 0 Å². The van der Waals surface area contributed by atoms with Crippen LogP contribution in [0, 0.1) is 5.92 Å². The normalized spacial score (nSPS) is 30.5. The van der Waals surface area contributed by atoms with Gasteiger partial charge in [-0.05, 0) is 51.2 Å². The Bertz CT molecular complexity index is 233. The summed E-state index contributed by atoms with van der Waals surface area (Å²) in [7, 11) is -1.44. The summed E-state index contributed by atoms with van der Waals surface area (Å²) in [6, 6.07) is 1.17. The van der Waals surface area contributed by atoms with Crippen molar-refractivity contribution in [3.05, 3.63) is 12.2 Å². The monoisotopic (exact) mass is 226 g/mol. The quantitative estimate of drug-likeness (QED) is 0.513. The molecule has 2 heteroatoms. The van der Waals surface area contributed by atoms with E-state index in [-0.39, 0.29) is 5.60 Å². The summed E-state index contributed by atoms with van der Waals surface area (Å²) in [5.41, 5.74) is 0.104. The van der Waals surface area contributed by atoms with E-state index in [4.69, 9.17) is 4.43 Å². The predicted octanol–water partition coefficient (Wildman–Crippen LogP) is 4.36. The topological polar surface area (TPSA) is 9.23 Å². The Balaban J connectivity index is 2.61. The van der Waals surface area contributed by atoms with Crippen molar-refractivity contribution in [1.82, 2.24) is 0 Å². The molecule has 0 aliphatic carbocycles. The first-order valence-corrected chi connectivity index (χ1v) is 9.30. The van der Waals surface area contributed by atoms with Crippen molar-refractivity contribution in [3.8, 4) is 0 Å². The van der Waals surface area contributed by atoms with Crippen LogP contribution in [0.1, 0.15) is 40.0 Å². The summed E-state index contributed by atoms with van der Waals surface area (Å²) >= 11 is 0. The standard InChI is InChI=1S/C13H26OSi/c1-12(2)8-10-13(3)9-6-7-11-15(4,5)14-13/h6-7,12H,8-11H2,1-5H3. The Morgan fingerprint density at radius 1 is 1.33 bits per heavy atom. The van der Waals surface area contributed by atoms with Gasteiger partial charge in [-0.15, -0.1) is 0 Å². The molecule has 0 amide bonds. The molecule has 0 spiro atoms. The molecule has 88 valence electrons. The fraction of sp³-hybridized carbons (Fsp3) is 0.846. The van der Waals surface area contributed by atoms with E-state index < -0.39 is 8.32 Å². The summed E-state index contributed by atoms with van der Waals surface area (Å²) in [6.07, 6.45) is 8.21. The molecule has 0 aromatic carbocycles. The summed E-state index contributed by atoms with van der Waals surface area (Å²) in [5, 5.41) is 0. The largest absolute Gasteiger partial charge is 0.412 e. The van der Waals surface area contributed by atoms with Gasteiger partial charge in [0.1, 0.15) is 0 Å². The van der Waals surface area contributed by atoms with Crippen LogP contribution in [0.25, 0.3) is 0 Å². The van der Waals surface area contributed by atoms with E-state index >= 15 is 0 Å². The summed E-state index contributed by atoms with van der Waals surface area (Å²) in [6.45, 7) is 11.5. The highest BCUT2D eigenvalue weighted by Gasteiger charge is 2.34. The maximum Gasteiger partial charge on any atom is 0.191 e. The van der Waals surface area contributed by atoms with E-state index in [2.05, 4.69) is 46.0 Å². The predicted molar refractivity (Wildman–Crippen MR) is 69.6 cm³/mol. The molecule has 1 atom stereocenters. The number of rotatable bonds is 3.